The smallest absolute Gasteiger partial charge is 0.216 e. The molecular formula is C14H22N2O2S. The highest BCUT2D eigenvalue weighted by Crippen LogP contribution is 2.31. The Labute approximate surface area is 115 Å². The Kier molecular flexibility index (Phi) is 4.28. The Morgan fingerprint density at radius 3 is 2.21 bits per heavy atom. The van der Waals surface area contributed by atoms with Gasteiger partial charge in [0.2, 0.25) is 10.0 Å². The lowest BCUT2D eigenvalue weighted by Gasteiger charge is -2.38. The van der Waals surface area contributed by atoms with Crippen LogP contribution in [0.4, 0.5) is 0 Å². The van der Waals surface area contributed by atoms with Gasteiger partial charge in [-0.25, -0.2) is 13.1 Å². The van der Waals surface area contributed by atoms with E-state index in [0.29, 0.717) is 0 Å². The number of hydrogen-bond acceptors (Lipinski definition) is 3. The quantitative estimate of drug-likeness (QED) is 0.836. The van der Waals surface area contributed by atoms with E-state index < -0.39 is 10.0 Å². The zero-order valence-electron chi connectivity index (χ0n) is 11.6. The summed E-state index contributed by atoms with van der Waals surface area (Å²) in [6.07, 6.45) is 2.98. The lowest BCUT2D eigenvalue weighted by molar-refractivity contribution is 0.248. The summed E-state index contributed by atoms with van der Waals surface area (Å²) in [5.74, 6) is 0.0580. The second-order valence-electron chi connectivity index (χ2n) is 5.62. The minimum atomic E-state index is -3.24. The molecule has 1 aliphatic carbocycles. The van der Waals surface area contributed by atoms with Crippen LogP contribution in [-0.4, -0.2) is 21.0 Å². The summed E-state index contributed by atoms with van der Waals surface area (Å²) in [5.41, 5.74) is 1.77. The summed E-state index contributed by atoms with van der Waals surface area (Å²) < 4.78 is 27.0. The molecular weight excluding hydrogens is 260 g/mol. The second kappa shape index (κ2) is 5.61. The molecule has 0 spiro atoms. The van der Waals surface area contributed by atoms with Crippen LogP contribution in [0, 0.1) is 0 Å². The Balaban J connectivity index is 1.99. The van der Waals surface area contributed by atoms with Gasteiger partial charge in [0.25, 0.3) is 0 Å². The van der Waals surface area contributed by atoms with Gasteiger partial charge in [-0.15, -0.1) is 0 Å². The van der Waals surface area contributed by atoms with Gasteiger partial charge in [-0.1, -0.05) is 24.3 Å². The molecule has 1 aromatic rings. The maximum absolute atomic E-state index is 12.1. The molecule has 1 aliphatic rings. The van der Waals surface area contributed by atoms with Crippen LogP contribution < -0.4 is 10.0 Å². The first-order valence-corrected chi connectivity index (χ1v) is 8.32. The van der Waals surface area contributed by atoms with Gasteiger partial charge in [0, 0.05) is 12.1 Å². The number of benzene rings is 1. The number of rotatable bonds is 6. The summed E-state index contributed by atoms with van der Waals surface area (Å²) in [5, 5.41) is 3.07. The van der Waals surface area contributed by atoms with Crippen LogP contribution in [-0.2, 0) is 22.3 Å². The predicted molar refractivity (Wildman–Crippen MR) is 77.2 cm³/mol. The lowest BCUT2D eigenvalue weighted by atomic mass is 9.80. The summed E-state index contributed by atoms with van der Waals surface area (Å²) in [6.45, 7) is 2.77. The maximum Gasteiger partial charge on any atom is 0.216 e. The Hall–Kier alpha value is -0.910. The van der Waals surface area contributed by atoms with Crippen molar-refractivity contribution in [2.45, 2.75) is 44.0 Å². The third-order valence-electron chi connectivity index (χ3n) is 3.62. The first kappa shape index (κ1) is 14.5. The maximum atomic E-state index is 12.1. The Morgan fingerprint density at radius 2 is 1.74 bits per heavy atom. The normalized spacial score (nSPS) is 18.0. The number of hydrogen-bond donors (Lipinski definition) is 2. The molecule has 0 heterocycles. The van der Waals surface area contributed by atoms with Crippen molar-refractivity contribution in [2.24, 2.45) is 0 Å². The van der Waals surface area contributed by atoms with Crippen molar-refractivity contribution in [3.8, 4) is 0 Å². The van der Waals surface area contributed by atoms with E-state index in [9.17, 15) is 8.42 Å². The number of sulfonamides is 1. The fourth-order valence-corrected chi connectivity index (χ4v) is 4.06. The van der Waals surface area contributed by atoms with E-state index in [1.165, 1.54) is 0 Å². The topological polar surface area (TPSA) is 58.2 Å². The van der Waals surface area contributed by atoms with Crippen LogP contribution in [0.2, 0.25) is 0 Å². The molecule has 0 bridgehead atoms. The van der Waals surface area contributed by atoms with Crippen molar-refractivity contribution in [3.05, 3.63) is 35.4 Å². The van der Waals surface area contributed by atoms with Crippen LogP contribution in [0.15, 0.2) is 24.3 Å². The second-order valence-corrected chi connectivity index (χ2v) is 7.34. The molecule has 1 aromatic carbocycles. The predicted octanol–water partition coefficient (Wildman–Crippen LogP) is 1.77. The highest BCUT2D eigenvalue weighted by molar-refractivity contribution is 7.88. The Bertz CT molecular complexity index is 519. The van der Waals surface area contributed by atoms with E-state index in [-0.39, 0.29) is 11.3 Å². The van der Waals surface area contributed by atoms with E-state index in [1.807, 2.05) is 38.2 Å². The van der Waals surface area contributed by atoms with Crippen LogP contribution in [0.1, 0.15) is 37.3 Å². The monoisotopic (exact) mass is 282 g/mol. The third-order valence-corrected chi connectivity index (χ3v) is 5.14. The van der Waals surface area contributed by atoms with E-state index in [2.05, 4.69) is 10.0 Å². The molecule has 0 aliphatic heterocycles. The molecule has 0 amide bonds. The van der Waals surface area contributed by atoms with E-state index in [1.54, 1.807) is 0 Å². The van der Waals surface area contributed by atoms with Crippen molar-refractivity contribution < 1.29 is 8.42 Å². The average Bonchev–Trinajstić information content (AvgIpc) is 2.29. The van der Waals surface area contributed by atoms with Gasteiger partial charge in [-0.2, -0.15) is 0 Å². The highest BCUT2D eigenvalue weighted by atomic mass is 32.2. The van der Waals surface area contributed by atoms with Crippen LogP contribution >= 0.6 is 0 Å². The molecule has 2 rings (SSSR count). The third kappa shape index (κ3) is 4.03. The summed E-state index contributed by atoms with van der Waals surface area (Å²) in [6, 6.07) is 7.70. The molecule has 0 aromatic heterocycles. The van der Waals surface area contributed by atoms with Gasteiger partial charge in [0.05, 0.1) is 5.75 Å². The average molecular weight is 282 g/mol. The molecule has 1 saturated carbocycles. The highest BCUT2D eigenvalue weighted by Gasteiger charge is 2.35. The van der Waals surface area contributed by atoms with Crippen LogP contribution in [0.5, 0.6) is 0 Å². The fraction of sp³-hybridized carbons (Fsp3) is 0.571. The SMILES string of the molecule is CNCc1ccc(CS(=O)(=O)NC2(C)CCC2)cc1. The fourth-order valence-electron chi connectivity index (χ4n) is 2.40. The summed E-state index contributed by atoms with van der Waals surface area (Å²) in [7, 11) is -1.35. The van der Waals surface area contributed by atoms with Crippen molar-refractivity contribution in [1.29, 1.82) is 0 Å². The lowest BCUT2D eigenvalue weighted by Crippen LogP contribution is -2.51. The molecule has 1 fully saturated rings. The molecule has 0 unspecified atom stereocenters. The van der Waals surface area contributed by atoms with Crippen molar-refractivity contribution in [3.63, 3.8) is 0 Å². The van der Waals surface area contributed by atoms with Gasteiger partial charge in [0.15, 0.2) is 0 Å². The summed E-state index contributed by atoms with van der Waals surface area (Å²) >= 11 is 0. The van der Waals surface area contributed by atoms with Gasteiger partial charge < -0.3 is 5.32 Å². The van der Waals surface area contributed by atoms with Gasteiger partial charge in [0.1, 0.15) is 0 Å². The van der Waals surface area contributed by atoms with Crippen molar-refractivity contribution >= 4 is 10.0 Å². The van der Waals surface area contributed by atoms with E-state index in [0.717, 1.165) is 36.9 Å². The van der Waals surface area contributed by atoms with Gasteiger partial charge in [-0.05, 0) is 44.4 Å². The summed E-state index contributed by atoms with van der Waals surface area (Å²) in [4.78, 5) is 0. The standard InChI is InChI=1S/C14H22N2O2S/c1-14(8-3-9-14)16-19(17,18)11-13-6-4-12(5-7-13)10-15-2/h4-7,15-16H,3,8-11H2,1-2H3. The largest absolute Gasteiger partial charge is 0.316 e. The molecule has 0 saturated heterocycles. The molecule has 0 radical (unpaired) electrons. The zero-order valence-corrected chi connectivity index (χ0v) is 12.4. The molecule has 5 heteroatoms. The van der Waals surface area contributed by atoms with Gasteiger partial charge in [-0.3, -0.25) is 0 Å². The van der Waals surface area contributed by atoms with E-state index >= 15 is 0 Å². The minimum absolute atomic E-state index is 0.0580. The number of nitrogens with one attached hydrogen (secondary N) is 2. The van der Waals surface area contributed by atoms with Crippen molar-refractivity contribution in [1.82, 2.24) is 10.0 Å². The first-order chi connectivity index (χ1) is 8.92. The molecule has 106 valence electrons. The molecule has 0 atom stereocenters. The van der Waals surface area contributed by atoms with Crippen molar-refractivity contribution in [2.75, 3.05) is 7.05 Å². The van der Waals surface area contributed by atoms with E-state index in [4.69, 9.17) is 0 Å². The molecule has 19 heavy (non-hydrogen) atoms. The van der Waals surface area contributed by atoms with Gasteiger partial charge >= 0.3 is 0 Å². The minimum Gasteiger partial charge on any atom is -0.316 e. The van der Waals surface area contributed by atoms with Crippen LogP contribution in [0.3, 0.4) is 0 Å². The molecule has 4 nitrogen and oxygen atoms in total. The zero-order chi connectivity index (χ0) is 13.9. The first-order valence-electron chi connectivity index (χ1n) is 6.67. The Morgan fingerprint density at radius 1 is 1.16 bits per heavy atom. The molecule has 2 N–H and O–H groups in total. The van der Waals surface area contributed by atoms with Crippen LogP contribution in [0.25, 0.3) is 0 Å².